The number of hydrogen-bond donors (Lipinski definition) is 1. The van der Waals surface area contributed by atoms with Gasteiger partial charge in [0.15, 0.2) is 0 Å². The van der Waals surface area contributed by atoms with E-state index in [0.717, 1.165) is 0 Å². The van der Waals surface area contributed by atoms with Crippen molar-refractivity contribution in [2.45, 2.75) is 26.7 Å². The van der Waals surface area contributed by atoms with Crippen LogP contribution in [-0.2, 0) is 9.53 Å². The van der Waals surface area contributed by atoms with Gasteiger partial charge in [0.1, 0.15) is 11.6 Å². The van der Waals surface area contributed by atoms with Crippen LogP contribution in [-0.4, -0.2) is 19.6 Å². The molecule has 1 aliphatic rings. The lowest BCUT2D eigenvalue weighted by Gasteiger charge is -2.16. The second-order valence-corrected chi connectivity index (χ2v) is 4.24. The Bertz CT molecular complexity index is 332. The van der Waals surface area contributed by atoms with Crippen molar-refractivity contribution in [1.82, 2.24) is 5.32 Å². The third-order valence-corrected chi connectivity index (χ3v) is 2.35. The third kappa shape index (κ3) is 3.36. The van der Waals surface area contributed by atoms with E-state index in [1.54, 1.807) is 0 Å². The molecule has 0 fully saturated rings. The summed E-state index contributed by atoms with van der Waals surface area (Å²) >= 11 is 0. The molecule has 0 aromatic heterocycles. The Morgan fingerprint density at radius 2 is 2.25 bits per heavy atom. The van der Waals surface area contributed by atoms with Crippen LogP contribution in [0.4, 0.5) is 4.39 Å². The van der Waals surface area contributed by atoms with Crippen LogP contribution in [0.15, 0.2) is 23.2 Å². The number of halogens is 1. The molecule has 0 atom stereocenters. The van der Waals surface area contributed by atoms with Crippen LogP contribution >= 0.6 is 0 Å². The van der Waals surface area contributed by atoms with Crippen molar-refractivity contribution < 1.29 is 13.9 Å². The summed E-state index contributed by atoms with van der Waals surface area (Å²) in [6, 6.07) is 0. The maximum absolute atomic E-state index is 13.1. The Hall–Kier alpha value is -1.32. The minimum Gasteiger partial charge on any atom is -0.500 e. The Morgan fingerprint density at radius 3 is 2.81 bits per heavy atom. The highest BCUT2D eigenvalue weighted by atomic mass is 19.1. The fourth-order valence-corrected chi connectivity index (χ4v) is 1.47. The molecule has 0 unspecified atom stereocenters. The topological polar surface area (TPSA) is 38.3 Å². The maximum Gasteiger partial charge on any atom is 0.254 e. The largest absolute Gasteiger partial charge is 0.500 e. The fraction of sp³-hybridized carbons (Fsp3) is 0.583. The lowest BCUT2D eigenvalue weighted by Crippen LogP contribution is -2.29. The van der Waals surface area contributed by atoms with E-state index in [4.69, 9.17) is 4.74 Å². The molecular formula is C12H18FNO2. The van der Waals surface area contributed by atoms with Crippen LogP contribution < -0.4 is 5.32 Å². The number of allylic oxidation sites excluding steroid dienone is 2. The molecule has 1 amide bonds. The van der Waals surface area contributed by atoms with Crippen LogP contribution in [0.2, 0.25) is 0 Å². The first-order chi connectivity index (χ1) is 7.54. The van der Waals surface area contributed by atoms with Crippen LogP contribution in [0, 0.1) is 5.92 Å². The van der Waals surface area contributed by atoms with E-state index in [1.807, 2.05) is 13.8 Å². The number of ether oxygens (including phenoxy) is 1. The van der Waals surface area contributed by atoms with E-state index < -0.39 is 0 Å². The maximum atomic E-state index is 13.1. The van der Waals surface area contributed by atoms with Crippen molar-refractivity contribution in [3.8, 4) is 0 Å². The average Bonchev–Trinajstić information content (AvgIpc) is 2.25. The normalized spacial score (nSPS) is 16.2. The molecule has 0 aromatic rings. The lowest BCUT2D eigenvalue weighted by molar-refractivity contribution is -0.117. The third-order valence-electron chi connectivity index (χ3n) is 2.35. The number of hydrogen-bond acceptors (Lipinski definition) is 2. The van der Waals surface area contributed by atoms with Gasteiger partial charge < -0.3 is 10.1 Å². The molecule has 0 radical (unpaired) electrons. The first-order valence-corrected chi connectivity index (χ1v) is 5.46. The number of methoxy groups -OCH3 is 1. The van der Waals surface area contributed by atoms with E-state index in [-0.39, 0.29) is 11.7 Å². The quantitative estimate of drug-likeness (QED) is 0.800. The van der Waals surface area contributed by atoms with Crippen LogP contribution in [0.1, 0.15) is 26.7 Å². The van der Waals surface area contributed by atoms with E-state index in [1.165, 1.54) is 13.2 Å². The summed E-state index contributed by atoms with van der Waals surface area (Å²) in [5.74, 6) is 0.395. The summed E-state index contributed by atoms with van der Waals surface area (Å²) in [5.41, 5.74) is 0.312. The molecule has 4 heteroatoms. The molecule has 0 heterocycles. The van der Waals surface area contributed by atoms with E-state index in [0.29, 0.717) is 36.6 Å². The fourth-order valence-electron chi connectivity index (χ4n) is 1.47. The SMILES string of the molecule is COC1=C(C(=O)NCC(C)C)C=C(F)CC1. The molecule has 0 spiro atoms. The molecule has 0 aliphatic heterocycles. The smallest absolute Gasteiger partial charge is 0.254 e. The van der Waals surface area contributed by atoms with E-state index in [2.05, 4.69) is 5.32 Å². The van der Waals surface area contributed by atoms with Gasteiger partial charge in [-0.3, -0.25) is 4.79 Å². The van der Waals surface area contributed by atoms with E-state index >= 15 is 0 Å². The van der Waals surface area contributed by atoms with Gasteiger partial charge in [-0.1, -0.05) is 13.8 Å². The molecular weight excluding hydrogens is 209 g/mol. The van der Waals surface area contributed by atoms with E-state index in [9.17, 15) is 9.18 Å². The van der Waals surface area contributed by atoms with Gasteiger partial charge in [0.05, 0.1) is 12.7 Å². The summed E-state index contributed by atoms with van der Waals surface area (Å²) in [5, 5.41) is 2.75. The van der Waals surface area contributed by atoms with Crippen LogP contribution in [0.5, 0.6) is 0 Å². The zero-order chi connectivity index (χ0) is 12.1. The van der Waals surface area contributed by atoms with Crippen molar-refractivity contribution in [2.75, 3.05) is 13.7 Å². The average molecular weight is 227 g/mol. The molecule has 1 rings (SSSR count). The predicted molar refractivity (Wildman–Crippen MR) is 60.3 cm³/mol. The van der Waals surface area contributed by atoms with Crippen molar-refractivity contribution in [2.24, 2.45) is 5.92 Å². The molecule has 0 saturated carbocycles. The van der Waals surface area contributed by atoms with Crippen LogP contribution in [0.3, 0.4) is 0 Å². The van der Waals surface area contributed by atoms with Gasteiger partial charge in [-0.2, -0.15) is 0 Å². The number of amides is 1. The molecule has 16 heavy (non-hydrogen) atoms. The van der Waals surface area contributed by atoms with Gasteiger partial charge in [-0.25, -0.2) is 4.39 Å². The van der Waals surface area contributed by atoms with Crippen molar-refractivity contribution in [3.63, 3.8) is 0 Å². The summed E-state index contributed by atoms with van der Waals surface area (Å²) in [6.45, 7) is 4.58. The second kappa shape index (κ2) is 5.68. The van der Waals surface area contributed by atoms with Crippen molar-refractivity contribution >= 4 is 5.91 Å². The Morgan fingerprint density at radius 1 is 1.56 bits per heavy atom. The lowest BCUT2D eigenvalue weighted by atomic mass is 10.0. The number of carbonyl (C=O) groups excluding carboxylic acids is 1. The Balaban J connectivity index is 2.75. The predicted octanol–water partition coefficient (Wildman–Crippen LogP) is 2.31. The highest BCUT2D eigenvalue weighted by molar-refractivity contribution is 5.97. The summed E-state index contributed by atoms with van der Waals surface area (Å²) < 4.78 is 18.2. The number of carbonyl (C=O) groups is 1. The van der Waals surface area contributed by atoms with Gasteiger partial charge in [0.25, 0.3) is 5.91 Å². The van der Waals surface area contributed by atoms with Gasteiger partial charge in [0, 0.05) is 19.4 Å². The Labute approximate surface area is 95.4 Å². The standard InChI is InChI=1S/C12H18FNO2/c1-8(2)7-14-12(15)10-6-9(13)4-5-11(10)16-3/h6,8H,4-5,7H2,1-3H3,(H,14,15). The van der Waals surface area contributed by atoms with Crippen LogP contribution in [0.25, 0.3) is 0 Å². The van der Waals surface area contributed by atoms with Gasteiger partial charge in [-0.05, 0) is 12.0 Å². The first kappa shape index (κ1) is 12.7. The van der Waals surface area contributed by atoms with Gasteiger partial charge in [-0.15, -0.1) is 0 Å². The number of nitrogens with one attached hydrogen (secondary N) is 1. The van der Waals surface area contributed by atoms with Crippen molar-refractivity contribution in [1.29, 1.82) is 0 Å². The number of rotatable bonds is 4. The molecule has 0 aromatic carbocycles. The van der Waals surface area contributed by atoms with Crippen molar-refractivity contribution in [3.05, 3.63) is 23.2 Å². The monoisotopic (exact) mass is 227 g/mol. The molecule has 0 saturated heterocycles. The minimum absolute atomic E-state index is 0.264. The molecule has 3 nitrogen and oxygen atoms in total. The van der Waals surface area contributed by atoms with Gasteiger partial charge >= 0.3 is 0 Å². The first-order valence-electron chi connectivity index (χ1n) is 5.46. The molecule has 1 N–H and O–H groups in total. The minimum atomic E-state index is -0.268. The Kier molecular flexibility index (Phi) is 4.52. The summed E-state index contributed by atoms with van der Waals surface area (Å²) in [7, 11) is 1.50. The molecule has 1 aliphatic carbocycles. The zero-order valence-electron chi connectivity index (χ0n) is 9.97. The highest BCUT2D eigenvalue weighted by Gasteiger charge is 2.19. The second-order valence-electron chi connectivity index (χ2n) is 4.24. The molecule has 90 valence electrons. The molecule has 0 bridgehead atoms. The summed E-state index contributed by atoms with van der Waals surface area (Å²) in [6.07, 6.45) is 2.02. The van der Waals surface area contributed by atoms with Gasteiger partial charge in [0.2, 0.25) is 0 Å². The zero-order valence-corrected chi connectivity index (χ0v) is 9.97. The highest BCUT2D eigenvalue weighted by Crippen LogP contribution is 2.25. The summed E-state index contributed by atoms with van der Waals surface area (Å²) in [4.78, 5) is 11.8.